The van der Waals surface area contributed by atoms with Gasteiger partial charge in [-0.15, -0.1) is 10.2 Å². The summed E-state index contributed by atoms with van der Waals surface area (Å²) in [6.45, 7) is 4.03. The summed E-state index contributed by atoms with van der Waals surface area (Å²) in [5.41, 5.74) is 1.36. The molecule has 3 aromatic rings. The van der Waals surface area contributed by atoms with E-state index in [1.165, 1.54) is 37.3 Å². The van der Waals surface area contributed by atoms with Crippen molar-refractivity contribution in [1.82, 2.24) is 10.2 Å². The fourth-order valence-corrected chi connectivity index (χ4v) is 4.46. The van der Waals surface area contributed by atoms with E-state index in [1.807, 2.05) is 19.9 Å². The second-order valence-corrected chi connectivity index (χ2v) is 9.28. The van der Waals surface area contributed by atoms with Gasteiger partial charge in [0.2, 0.25) is 11.0 Å². The second kappa shape index (κ2) is 11.5. The highest BCUT2D eigenvalue weighted by molar-refractivity contribution is 8.01. The molecule has 33 heavy (non-hydrogen) atoms. The fourth-order valence-electron chi connectivity index (χ4n) is 2.76. The molecule has 9 nitrogen and oxygen atoms in total. The Morgan fingerprint density at radius 1 is 1.00 bits per heavy atom. The van der Waals surface area contributed by atoms with Crippen LogP contribution in [0.3, 0.4) is 0 Å². The van der Waals surface area contributed by atoms with Gasteiger partial charge in [0.15, 0.2) is 4.34 Å². The van der Waals surface area contributed by atoms with Gasteiger partial charge < -0.3 is 25.4 Å². The second-order valence-electron chi connectivity index (χ2n) is 7.08. The summed E-state index contributed by atoms with van der Waals surface area (Å²) in [5.74, 6) is 0.393. The standard InChI is InChI=1S/C22H25N5O4S2/c1-13(2)23-21-26-27-22(33-21)32-12-19(28)24-15-10-18(31-4)16(11-17(15)30-3)25-20(29)14-8-6-5-7-9-14/h5-11,13H,12H2,1-4H3,(H,23,26)(H,24,28)(H,25,29). The lowest BCUT2D eigenvalue weighted by atomic mass is 10.2. The van der Waals surface area contributed by atoms with Gasteiger partial charge in [-0.05, 0) is 26.0 Å². The molecule has 11 heteroatoms. The summed E-state index contributed by atoms with van der Waals surface area (Å²) in [7, 11) is 2.97. The summed E-state index contributed by atoms with van der Waals surface area (Å²) in [5, 5.41) is 17.7. The molecule has 0 bridgehead atoms. The van der Waals surface area contributed by atoms with Crippen molar-refractivity contribution in [2.75, 3.05) is 35.9 Å². The molecule has 0 fully saturated rings. The van der Waals surface area contributed by atoms with Crippen LogP contribution in [0.5, 0.6) is 11.5 Å². The molecule has 174 valence electrons. The fraction of sp³-hybridized carbons (Fsp3) is 0.273. The number of thioether (sulfide) groups is 1. The molecule has 2 amide bonds. The van der Waals surface area contributed by atoms with E-state index < -0.39 is 0 Å². The number of ether oxygens (including phenoxy) is 2. The monoisotopic (exact) mass is 487 g/mol. The summed E-state index contributed by atoms with van der Waals surface area (Å²) in [4.78, 5) is 25.1. The predicted molar refractivity (Wildman–Crippen MR) is 132 cm³/mol. The molecule has 3 N–H and O–H groups in total. The number of nitrogens with one attached hydrogen (secondary N) is 3. The number of hydrogen-bond acceptors (Lipinski definition) is 9. The first-order chi connectivity index (χ1) is 15.9. The van der Waals surface area contributed by atoms with Crippen LogP contribution in [0.2, 0.25) is 0 Å². The van der Waals surface area contributed by atoms with Crippen LogP contribution in [-0.4, -0.2) is 48.0 Å². The Morgan fingerprint density at radius 3 is 2.24 bits per heavy atom. The van der Waals surface area contributed by atoms with Gasteiger partial charge in [0.1, 0.15) is 11.5 Å². The minimum Gasteiger partial charge on any atom is -0.494 e. The largest absolute Gasteiger partial charge is 0.494 e. The number of amides is 2. The van der Waals surface area contributed by atoms with Crippen molar-refractivity contribution < 1.29 is 19.1 Å². The average molecular weight is 488 g/mol. The van der Waals surface area contributed by atoms with E-state index in [4.69, 9.17) is 9.47 Å². The Morgan fingerprint density at radius 2 is 1.64 bits per heavy atom. The predicted octanol–water partition coefficient (Wildman–Crippen LogP) is 4.36. The van der Waals surface area contributed by atoms with E-state index in [-0.39, 0.29) is 23.6 Å². The molecule has 1 aromatic heterocycles. The molecule has 0 radical (unpaired) electrons. The molecule has 3 rings (SSSR count). The number of benzene rings is 2. The number of anilines is 3. The molecule has 0 saturated heterocycles. The van der Waals surface area contributed by atoms with E-state index in [0.717, 1.165) is 0 Å². The molecule has 2 aromatic carbocycles. The topological polar surface area (TPSA) is 114 Å². The van der Waals surface area contributed by atoms with Gasteiger partial charge in [-0.25, -0.2) is 0 Å². The van der Waals surface area contributed by atoms with Crippen molar-refractivity contribution in [2.24, 2.45) is 0 Å². The summed E-state index contributed by atoms with van der Waals surface area (Å²) >= 11 is 2.69. The molecular weight excluding hydrogens is 462 g/mol. The van der Waals surface area contributed by atoms with Crippen LogP contribution in [0.15, 0.2) is 46.8 Å². The highest BCUT2D eigenvalue weighted by Crippen LogP contribution is 2.37. The zero-order valence-corrected chi connectivity index (χ0v) is 20.3. The van der Waals surface area contributed by atoms with Crippen LogP contribution in [0, 0.1) is 0 Å². The maximum absolute atomic E-state index is 12.5. The minimum absolute atomic E-state index is 0.147. The Bertz CT molecular complexity index is 1110. The zero-order valence-electron chi connectivity index (χ0n) is 18.7. The third kappa shape index (κ3) is 6.83. The van der Waals surface area contributed by atoms with Crippen LogP contribution in [0.4, 0.5) is 16.5 Å². The Hall–Kier alpha value is -3.31. The van der Waals surface area contributed by atoms with E-state index in [0.29, 0.717) is 37.9 Å². The highest BCUT2D eigenvalue weighted by atomic mass is 32.2. The number of methoxy groups -OCH3 is 2. The van der Waals surface area contributed by atoms with Crippen molar-refractivity contribution in [1.29, 1.82) is 0 Å². The highest BCUT2D eigenvalue weighted by Gasteiger charge is 2.17. The Labute approximate surface area is 200 Å². The molecule has 0 aliphatic carbocycles. The summed E-state index contributed by atoms with van der Waals surface area (Å²) in [6, 6.07) is 12.3. The molecule has 0 spiro atoms. The van der Waals surface area contributed by atoms with Crippen molar-refractivity contribution >= 4 is 51.4 Å². The van der Waals surface area contributed by atoms with E-state index >= 15 is 0 Å². The molecule has 0 unspecified atom stereocenters. The molecule has 1 heterocycles. The SMILES string of the molecule is COc1cc(NC(=O)c2ccccc2)c(OC)cc1NC(=O)CSc1nnc(NC(C)C)s1. The van der Waals surface area contributed by atoms with Gasteiger partial charge in [0.05, 0.1) is 31.3 Å². The van der Waals surface area contributed by atoms with Gasteiger partial charge in [0.25, 0.3) is 5.91 Å². The number of nitrogens with zero attached hydrogens (tertiary/aromatic N) is 2. The first-order valence-corrected chi connectivity index (χ1v) is 11.8. The normalized spacial score (nSPS) is 10.6. The molecule has 0 atom stereocenters. The lowest BCUT2D eigenvalue weighted by Crippen LogP contribution is -2.16. The van der Waals surface area contributed by atoms with E-state index in [1.54, 1.807) is 36.4 Å². The quantitative estimate of drug-likeness (QED) is 0.362. The van der Waals surface area contributed by atoms with Crippen LogP contribution in [0.1, 0.15) is 24.2 Å². The van der Waals surface area contributed by atoms with Crippen molar-refractivity contribution in [3.63, 3.8) is 0 Å². The van der Waals surface area contributed by atoms with Crippen LogP contribution in [0.25, 0.3) is 0 Å². The van der Waals surface area contributed by atoms with Crippen LogP contribution < -0.4 is 25.4 Å². The van der Waals surface area contributed by atoms with Gasteiger partial charge in [-0.3, -0.25) is 9.59 Å². The lowest BCUT2D eigenvalue weighted by molar-refractivity contribution is -0.113. The first-order valence-electron chi connectivity index (χ1n) is 10.0. The van der Waals surface area contributed by atoms with Crippen molar-refractivity contribution in [3.8, 4) is 11.5 Å². The third-order valence-electron chi connectivity index (χ3n) is 4.23. The van der Waals surface area contributed by atoms with Crippen LogP contribution >= 0.6 is 23.1 Å². The third-order valence-corrected chi connectivity index (χ3v) is 6.21. The maximum atomic E-state index is 12.5. The summed E-state index contributed by atoms with van der Waals surface area (Å²) < 4.78 is 11.5. The number of hydrogen-bond donors (Lipinski definition) is 3. The lowest BCUT2D eigenvalue weighted by Gasteiger charge is -2.16. The van der Waals surface area contributed by atoms with E-state index in [9.17, 15) is 9.59 Å². The number of rotatable bonds is 10. The van der Waals surface area contributed by atoms with Gasteiger partial charge in [0, 0.05) is 23.7 Å². The van der Waals surface area contributed by atoms with Crippen molar-refractivity contribution in [2.45, 2.75) is 24.2 Å². The first kappa shape index (κ1) is 24.3. The number of aromatic nitrogens is 2. The van der Waals surface area contributed by atoms with Crippen molar-refractivity contribution in [3.05, 3.63) is 48.0 Å². The maximum Gasteiger partial charge on any atom is 0.255 e. The van der Waals surface area contributed by atoms with Gasteiger partial charge in [-0.2, -0.15) is 0 Å². The smallest absolute Gasteiger partial charge is 0.255 e. The average Bonchev–Trinajstić information content (AvgIpc) is 3.25. The molecular formula is C22H25N5O4S2. The number of carbonyl (C=O) groups is 2. The molecule has 0 aliphatic heterocycles. The Kier molecular flexibility index (Phi) is 8.50. The Balaban J connectivity index is 1.67. The zero-order chi connectivity index (χ0) is 23.8. The van der Waals surface area contributed by atoms with Crippen LogP contribution in [-0.2, 0) is 4.79 Å². The number of carbonyl (C=O) groups excluding carboxylic acids is 2. The van der Waals surface area contributed by atoms with E-state index in [2.05, 4.69) is 26.1 Å². The molecule has 0 saturated carbocycles. The summed E-state index contributed by atoms with van der Waals surface area (Å²) in [6.07, 6.45) is 0. The minimum atomic E-state index is -0.285. The van der Waals surface area contributed by atoms with Gasteiger partial charge in [-0.1, -0.05) is 41.3 Å². The van der Waals surface area contributed by atoms with Gasteiger partial charge >= 0.3 is 0 Å². The molecule has 0 aliphatic rings.